The van der Waals surface area contributed by atoms with E-state index in [4.69, 9.17) is 4.74 Å². The molecule has 0 aliphatic carbocycles. The number of carbonyl (C=O) groups excluding carboxylic acids is 2. The molecular weight excluding hydrogens is 376 g/mol. The zero-order valence-electron chi connectivity index (χ0n) is 14.6. The molecule has 0 bridgehead atoms. The Kier molecular flexibility index (Phi) is 4.88. The molecule has 0 spiro atoms. The van der Waals surface area contributed by atoms with E-state index >= 15 is 0 Å². The van der Waals surface area contributed by atoms with E-state index in [1.54, 1.807) is 13.8 Å². The smallest absolute Gasteiger partial charge is 0.341 e. The highest BCUT2D eigenvalue weighted by Gasteiger charge is 2.22. The molecule has 3 aromatic rings. The number of amides is 1. The Bertz CT molecular complexity index is 1080. The summed E-state index contributed by atoms with van der Waals surface area (Å²) in [6, 6.07) is 1.39. The lowest BCUT2D eigenvalue weighted by molar-refractivity contribution is -0.114. The van der Waals surface area contributed by atoms with Crippen molar-refractivity contribution in [1.82, 2.24) is 14.6 Å². The molecule has 8 nitrogen and oxygen atoms in total. The van der Waals surface area contributed by atoms with Crippen LogP contribution in [0.1, 0.15) is 38.4 Å². The summed E-state index contributed by atoms with van der Waals surface area (Å²) in [4.78, 5) is 41.4. The second kappa shape index (κ2) is 6.96. The molecule has 3 aromatic heterocycles. The SMILES string of the molecule is CC(=O)Nc1sc(C)c(C)c1C(=O)OCc1nn2c(=O)cc(C)nc2s1. The number of nitrogens with one attached hydrogen (secondary N) is 1. The second-order valence-electron chi connectivity index (χ2n) is 5.67. The third kappa shape index (κ3) is 3.51. The maximum atomic E-state index is 12.5. The van der Waals surface area contributed by atoms with Gasteiger partial charge in [0.2, 0.25) is 10.9 Å². The van der Waals surface area contributed by atoms with Gasteiger partial charge in [0.25, 0.3) is 5.56 Å². The van der Waals surface area contributed by atoms with Gasteiger partial charge in [-0.1, -0.05) is 11.3 Å². The topological polar surface area (TPSA) is 103 Å². The standard InChI is InChI=1S/C16H16N4O4S2/c1-7-5-12(22)20-16(17-7)26-11(19-20)6-24-15(23)13-8(2)9(3)25-14(13)18-10(4)21/h5H,6H2,1-4H3,(H,18,21). The van der Waals surface area contributed by atoms with Gasteiger partial charge < -0.3 is 10.1 Å². The summed E-state index contributed by atoms with van der Waals surface area (Å²) in [6.07, 6.45) is 0. The number of hydrogen-bond donors (Lipinski definition) is 1. The van der Waals surface area contributed by atoms with Gasteiger partial charge in [-0.2, -0.15) is 9.61 Å². The van der Waals surface area contributed by atoms with Crippen LogP contribution in [0.4, 0.5) is 5.00 Å². The highest BCUT2D eigenvalue weighted by atomic mass is 32.1. The Hall–Kier alpha value is -2.59. The van der Waals surface area contributed by atoms with E-state index < -0.39 is 5.97 Å². The van der Waals surface area contributed by atoms with E-state index in [-0.39, 0.29) is 18.1 Å². The largest absolute Gasteiger partial charge is 0.455 e. The molecule has 0 aliphatic heterocycles. The summed E-state index contributed by atoms with van der Waals surface area (Å²) in [7, 11) is 0. The lowest BCUT2D eigenvalue weighted by atomic mass is 10.1. The van der Waals surface area contributed by atoms with Gasteiger partial charge in [-0.3, -0.25) is 9.59 Å². The van der Waals surface area contributed by atoms with Crippen molar-refractivity contribution in [2.75, 3.05) is 5.32 Å². The van der Waals surface area contributed by atoms with Gasteiger partial charge in [-0.25, -0.2) is 9.78 Å². The normalized spacial score (nSPS) is 10.9. The molecule has 0 atom stereocenters. The number of ether oxygens (including phenoxy) is 1. The Morgan fingerprint density at radius 1 is 1.27 bits per heavy atom. The lowest BCUT2D eigenvalue weighted by Gasteiger charge is -2.05. The predicted molar refractivity (Wildman–Crippen MR) is 99.1 cm³/mol. The van der Waals surface area contributed by atoms with Crippen molar-refractivity contribution >= 4 is 44.5 Å². The fourth-order valence-electron chi connectivity index (χ4n) is 2.34. The van der Waals surface area contributed by atoms with Crippen LogP contribution in [-0.4, -0.2) is 26.5 Å². The molecule has 0 saturated carbocycles. The first kappa shape index (κ1) is 18.2. The summed E-state index contributed by atoms with van der Waals surface area (Å²) < 4.78 is 6.54. The van der Waals surface area contributed by atoms with E-state index in [1.807, 2.05) is 6.92 Å². The van der Waals surface area contributed by atoms with Crippen molar-refractivity contribution in [1.29, 1.82) is 0 Å². The number of nitrogens with zero attached hydrogens (tertiary/aromatic N) is 3. The highest BCUT2D eigenvalue weighted by molar-refractivity contribution is 7.17. The summed E-state index contributed by atoms with van der Waals surface area (Å²) in [5.41, 5.74) is 1.43. The summed E-state index contributed by atoms with van der Waals surface area (Å²) >= 11 is 2.51. The molecule has 0 unspecified atom stereocenters. The van der Waals surface area contributed by atoms with Crippen LogP contribution in [0, 0.1) is 20.8 Å². The number of fused-ring (bicyclic) bond motifs is 1. The van der Waals surface area contributed by atoms with Crippen LogP contribution < -0.4 is 10.9 Å². The second-order valence-corrected chi connectivity index (χ2v) is 7.94. The van der Waals surface area contributed by atoms with Crippen LogP contribution in [0.25, 0.3) is 4.96 Å². The Labute approximate surface area is 156 Å². The van der Waals surface area contributed by atoms with E-state index in [1.165, 1.54) is 40.2 Å². The molecule has 0 radical (unpaired) electrons. The van der Waals surface area contributed by atoms with Crippen LogP contribution in [0.5, 0.6) is 0 Å². The maximum Gasteiger partial charge on any atom is 0.341 e. The van der Waals surface area contributed by atoms with Gasteiger partial charge in [0.15, 0.2) is 5.01 Å². The monoisotopic (exact) mass is 392 g/mol. The molecule has 0 saturated heterocycles. The quantitative estimate of drug-likeness (QED) is 0.684. The Morgan fingerprint density at radius 3 is 2.69 bits per heavy atom. The minimum absolute atomic E-state index is 0.0841. The average Bonchev–Trinajstić information content (AvgIpc) is 3.06. The van der Waals surface area contributed by atoms with Gasteiger partial charge in [0.05, 0.1) is 5.56 Å². The maximum absolute atomic E-state index is 12.5. The van der Waals surface area contributed by atoms with Gasteiger partial charge in [0.1, 0.15) is 11.6 Å². The fraction of sp³-hybridized carbons (Fsp3) is 0.312. The molecule has 136 valence electrons. The summed E-state index contributed by atoms with van der Waals surface area (Å²) in [6.45, 7) is 6.70. The molecule has 0 fully saturated rings. The van der Waals surface area contributed by atoms with Crippen LogP contribution >= 0.6 is 22.7 Å². The van der Waals surface area contributed by atoms with Crippen molar-refractivity contribution in [3.05, 3.63) is 43.1 Å². The zero-order chi connectivity index (χ0) is 19.0. The molecule has 3 heterocycles. The molecule has 26 heavy (non-hydrogen) atoms. The predicted octanol–water partition coefficient (Wildman–Crippen LogP) is 2.45. The van der Waals surface area contributed by atoms with E-state index in [2.05, 4.69) is 15.4 Å². The van der Waals surface area contributed by atoms with Crippen LogP contribution in [0.3, 0.4) is 0 Å². The molecule has 10 heteroatoms. The molecular formula is C16H16N4O4S2. The first-order chi connectivity index (χ1) is 12.3. The Balaban J connectivity index is 1.82. The number of esters is 1. The first-order valence-corrected chi connectivity index (χ1v) is 9.30. The van der Waals surface area contributed by atoms with E-state index in [0.29, 0.717) is 26.2 Å². The lowest BCUT2D eigenvalue weighted by Crippen LogP contribution is -2.15. The number of rotatable bonds is 4. The Morgan fingerprint density at radius 2 is 2.00 bits per heavy atom. The number of carbonyl (C=O) groups is 2. The van der Waals surface area contributed by atoms with Crippen molar-refractivity contribution < 1.29 is 14.3 Å². The van der Waals surface area contributed by atoms with E-state index in [0.717, 1.165) is 10.4 Å². The highest BCUT2D eigenvalue weighted by Crippen LogP contribution is 2.33. The van der Waals surface area contributed by atoms with Crippen molar-refractivity contribution in [2.24, 2.45) is 0 Å². The van der Waals surface area contributed by atoms with E-state index in [9.17, 15) is 14.4 Å². The molecule has 0 aliphatic rings. The number of aromatic nitrogens is 3. The van der Waals surface area contributed by atoms with Crippen LogP contribution in [-0.2, 0) is 16.1 Å². The molecule has 0 aromatic carbocycles. The number of thiophene rings is 1. The van der Waals surface area contributed by atoms with Gasteiger partial charge in [-0.15, -0.1) is 11.3 Å². The minimum atomic E-state index is -0.550. The van der Waals surface area contributed by atoms with Crippen molar-refractivity contribution in [3.8, 4) is 0 Å². The molecule has 3 rings (SSSR count). The first-order valence-electron chi connectivity index (χ1n) is 7.67. The summed E-state index contributed by atoms with van der Waals surface area (Å²) in [5, 5.41) is 7.72. The van der Waals surface area contributed by atoms with Gasteiger partial charge >= 0.3 is 5.97 Å². The average molecular weight is 392 g/mol. The number of aryl methyl sites for hydroxylation is 2. The van der Waals surface area contributed by atoms with Gasteiger partial charge in [-0.05, 0) is 26.3 Å². The van der Waals surface area contributed by atoms with Crippen LogP contribution in [0.2, 0.25) is 0 Å². The fourth-order valence-corrected chi connectivity index (χ4v) is 4.29. The van der Waals surface area contributed by atoms with Crippen molar-refractivity contribution in [3.63, 3.8) is 0 Å². The van der Waals surface area contributed by atoms with Gasteiger partial charge in [0, 0.05) is 23.6 Å². The van der Waals surface area contributed by atoms with Crippen molar-refractivity contribution in [2.45, 2.75) is 34.3 Å². The number of anilines is 1. The third-order valence-electron chi connectivity index (χ3n) is 3.62. The third-order valence-corrected chi connectivity index (χ3v) is 5.63. The number of hydrogen-bond acceptors (Lipinski definition) is 8. The minimum Gasteiger partial charge on any atom is -0.455 e. The zero-order valence-corrected chi connectivity index (χ0v) is 16.2. The summed E-state index contributed by atoms with van der Waals surface area (Å²) in [5.74, 6) is -0.807. The molecule has 1 amide bonds. The molecule has 1 N–H and O–H groups in total. The van der Waals surface area contributed by atoms with Crippen LogP contribution in [0.15, 0.2) is 10.9 Å².